The fourth-order valence-electron chi connectivity index (χ4n) is 3.01. The molecular formula is C22H24N5O4P. The lowest BCUT2D eigenvalue weighted by Gasteiger charge is -2.19. The van der Waals surface area contributed by atoms with Crippen LogP contribution in [0, 0.1) is 0 Å². The van der Waals surface area contributed by atoms with Crippen LogP contribution in [-0.2, 0) is 38.1 Å². The summed E-state index contributed by atoms with van der Waals surface area (Å²) in [4.78, 5) is 12.4. The third-order valence-corrected chi connectivity index (χ3v) is 6.24. The predicted octanol–water partition coefficient (Wildman–Crippen LogP) is 4.01. The molecule has 10 heteroatoms. The lowest BCUT2D eigenvalue weighted by molar-refractivity contribution is 0.117. The van der Waals surface area contributed by atoms with Crippen LogP contribution in [0.3, 0.4) is 0 Å². The van der Waals surface area contributed by atoms with Gasteiger partial charge in [0.05, 0.1) is 26.1 Å². The molecule has 0 saturated heterocycles. The second-order valence-electron chi connectivity index (χ2n) is 7.04. The van der Waals surface area contributed by atoms with Crippen LogP contribution >= 0.6 is 7.60 Å². The third kappa shape index (κ3) is 5.77. The number of nitrogens with two attached hydrogens (primary N) is 1. The molecule has 0 amide bonds. The van der Waals surface area contributed by atoms with Gasteiger partial charge in [-0.1, -0.05) is 60.7 Å². The molecule has 0 fully saturated rings. The van der Waals surface area contributed by atoms with Crippen molar-refractivity contribution < 1.29 is 18.3 Å². The lowest BCUT2D eigenvalue weighted by atomic mass is 10.2. The highest BCUT2D eigenvalue weighted by atomic mass is 31.2. The summed E-state index contributed by atoms with van der Waals surface area (Å²) in [5, 5.41) is 0. The van der Waals surface area contributed by atoms with Crippen molar-refractivity contribution in [3.05, 3.63) is 84.4 Å². The maximum Gasteiger partial charge on any atom is 0.356 e. The number of aromatic nitrogens is 4. The van der Waals surface area contributed by atoms with Gasteiger partial charge in [-0.2, -0.15) is 0 Å². The van der Waals surface area contributed by atoms with Gasteiger partial charge in [0, 0.05) is 6.54 Å². The largest absolute Gasteiger partial charge is 0.382 e. The quantitative estimate of drug-likeness (QED) is 0.268. The van der Waals surface area contributed by atoms with E-state index in [1.807, 2.05) is 60.7 Å². The van der Waals surface area contributed by atoms with Crippen molar-refractivity contribution in [3.63, 3.8) is 0 Å². The Labute approximate surface area is 185 Å². The molecule has 0 atom stereocenters. The van der Waals surface area contributed by atoms with Crippen LogP contribution in [0.1, 0.15) is 11.1 Å². The summed E-state index contributed by atoms with van der Waals surface area (Å²) in [7, 11) is -3.51. The zero-order chi connectivity index (χ0) is 22.2. The van der Waals surface area contributed by atoms with Gasteiger partial charge in [0.1, 0.15) is 18.2 Å². The highest BCUT2D eigenvalue weighted by Gasteiger charge is 2.25. The molecule has 32 heavy (non-hydrogen) atoms. The number of ether oxygens (including phenoxy) is 1. The van der Waals surface area contributed by atoms with E-state index in [2.05, 4.69) is 15.0 Å². The Bertz CT molecular complexity index is 1140. The highest BCUT2D eigenvalue weighted by Crippen LogP contribution is 2.49. The first kappa shape index (κ1) is 22.1. The number of hydrogen-bond donors (Lipinski definition) is 1. The number of rotatable bonds is 11. The van der Waals surface area contributed by atoms with Crippen LogP contribution in [-0.4, -0.2) is 32.5 Å². The van der Waals surface area contributed by atoms with E-state index in [0.29, 0.717) is 23.5 Å². The number of nitrogen functional groups attached to an aromatic ring is 1. The molecule has 166 valence electrons. The zero-order valence-corrected chi connectivity index (χ0v) is 18.3. The van der Waals surface area contributed by atoms with E-state index in [1.165, 1.54) is 6.33 Å². The van der Waals surface area contributed by atoms with Gasteiger partial charge in [0.15, 0.2) is 11.5 Å². The van der Waals surface area contributed by atoms with Gasteiger partial charge in [0.2, 0.25) is 0 Å². The van der Waals surface area contributed by atoms with Crippen molar-refractivity contribution in [2.75, 3.05) is 18.7 Å². The number of anilines is 1. The Kier molecular flexibility index (Phi) is 7.24. The standard InChI is InChI=1S/C22H24N5O4P/c23-21-20-22(25-15-24-21)27(16-26-20)11-12-29-17-32(28,30-13-18-7-3-1-4-8-18)31-14-19-9-5-2-6-10-19/h1-10,15-16H,11-14,17H2,(H2,23,24,25). The number of hydrogen-bond acceptors (Lipinski definition) is 8. The predicted molar refractivity (Wildman–Crippen MR) is 121 cm³/mol. The molecule has 2 aromatic carbocycles. The molecule has 4 aromatic rings. The van der Waals surface area contributed by atoms with Crippen LogP contribution < -0.4 is 5.73 Å². The van der Waals surface area contributed by atoms with E-state index in [9.17, 15) is 4.57 Å². The van der Waals surface area contributed by atoms with E-state index in [1.54, 1.807) is 10.9 Å². The Hall–Kier alpha value is -3.10. The second kappa shape index (κ2) is 10.5. The minimum atomic E-state index is -3.51. The summed E-state index contributed by atoms with van der Waals surface area (Å²) in [6, 6.07) is 19.0. The van der Waals surface area contributed by atoms with Gasteiger partial charge in [0.25, 0.3) is 0 Å². The van der Waals surface area contributed by atoms with Gasteiger partial charge in [-0.05, 0) is 11.1 Å². The van der Waals surface area contributed by atoms with Gasteiger partial charge in [-0.25, -0.2) is 15.0 Å². The van der Waals surface area contributed by atoms with Gasteiger partial charge in [-0.3, -0.25) is 4.57 Å². The Morgan fingerprint density at radius 3 is 2.12 bits per heavy atom. The number of benzene rings is 2. The smallest absolute Gasteiger partial charge is 0.356 e. The van der Waals surface area contributed by atoms with E-state index < -0.39 is 7.60 Å². The average Bonchev–Trinajstić information content (AvgIpc) is 3.25. The Morgan fingerprint density at radius 1 is 0.875 bits per heavy atom. The van der Waals surface area contributed by atoms with Crippen molar-refractivity contribution in [1.29, 1.82) is 0 Å². The zero-order valence-electron chi connectivity index (χ0n) is 17.4. The maximum absolute atomic E-state index is 13.4. The van der Waals surface area contributed by atoms with E-state index in [4.69, 9.17) is 19.5 Å². The SMILES string of the molecule is Nc1ncnc2c1ncn2CCOCP(=O)(OCc1ccccc1)OCc1ccccc1. The first-order valence-electron chi connectivity index (χ1n) is 10.1. The molecule has 0 aliphatic rings. The Morgan fingerprint density at radius 2 is 1.50 bits per heavy atom. The van der Waals surface area contributed by atoms with Crippen LogP contribution in [0.25, 0.3) is 11.2 Å². The number of fused-ring (bicyclic) bond motifs is 1. The van der Waals surface area contributed by atoms with Gasteiger partial charge in [-0.15, -0.1) is 0 Å². The molecule has 2 N–H and O–H groups in total. The number of imidazole rings is 1. The monoisotopic (exact) mass is 453 g/mol. The van der Waals surface area contributed by atoms with Crippen molar-refractivity contribution >= 4 is 24.6 Å². The molecule has 9 nitrogen and oxygen atoms in total. The van der Waals surface area contributed by atoms with Crippen LogP contribution in [0.2, 0.25) is 0 Å². The van der Waals surface area contributed by atoms with E-state index >= 15 is 0 Å². The molecule has 2 aromatic heterocycles. The molecular weight excluding hydrogens is 429 g/mol. The molecule has 4 rings (SSSR count). The maximum atomic E-state index is 13.4. The minimum Gasteiger partial charge on any atom is -0.382 e. The summed E-state index contributed by atoms with van der Waals surface area (Å²) < 4.78 is 32.3. The van der Waals surface area contributed by atoms with Gasteiger partial charge < -0.3 is 24.1 Å². The fourth-order valence-corrected chi connectivity index (χ4v) is 4.28. The van der Waals surface area contributed by atoms with Gasteiger partial charge >= 0.3 is 7.60 Å². The molecule has 0 saturated carbocycles. The molecule has 0 bridgehead atoms. The van der Waals surface area contributed by atoms with Crippen molar-refractivity contribution in [3.8, 4) is 0 Å². The first-order valence-corrected chi connectivity index (χ1v) is 11.8. The van der Waals surface area contributed by atoms with Crippen LogP contribution in [0.15, 0.2) is 73.3 Å². The van der Waals surface area contributed by atoms with Crippen molar-refractivity contribution in [2.45, 2.75) is 19.8 Å². The molecule has 0 radical (unpaired) electrons. The molecule has 0 aliphatic carbocycles. The van der Waals surface area contributed by atoms with Crippen LogP contribution in [0.4, 0.5) is 5.82 Å². The van der Waals surface area contributed by atoms with Crippen molar-refractivity contribution in [1.82, 2.24) is 19.5 Å². The minimum absolute atomic E-state index is 0.165. The van der Waals surface area contributed by atoms with E-state index in [0.717, 1.165) is 11.1 Å². The molecule has 0 unspecified atom stereocenters. The topological polar surface area (TPSA) is 114 Å². The average molecular weight is 453 g/mol. The van der Waals surface area contributed by atoms with Crippen LogP contribution in [0.5, 0.6) is 0 Å². The van der Waals surface area contributed by atoms with E-state index in [-0.39, 0.29) is 26.2 Å². The molecule has 2 heterocycles. The third-order valence-electron chi connectivity index (χ3n) is 4.70. The number of nitrogens with zero attached hydrogens (tertiary/aromatic N) is 4. The fraction of sp³-hybridized carbons (Fsp3) is 0.227. The summed E-state index contributed by atoms with van der Waals surface area (Å²) in [6.07, 6.45) is 2.84. The molecule has 0 spiro atoms. The summed E-state index contributed by atoms with van der Waals surface area (Å²) >= 11 is 0. The summed E-state index contributed by atoms with van der Waals surface area (Å²) in [5.41, 5.74) is 8.77. The second-order valence-corrected chi connectivity index (χ2v) is 9.03. The summed E-state index contributed by atoms with van der Waals surface area (Å²) in [5.74, 6) is 0.322. The van der Waals surface area contributed by atoms with Crippen molar-refractivity contribution in [2.24, 2.45) is 0 Å². The Balaban J connectivity index is 1.36. The summed E-state index contributed by atoms with van der Waals surface area (Å²) in [6.45, 7) is 1.05. The highest BCUT2D eigenvalue weighted by molar-refractivity contribution is 7.53. The normalized spacial score (nSPS) is 11.8. The lowest BCUT2D eigenvalue weighted by Crippen LogP contribution is -2.09. The first-order chi connectivity index (χ1) is 15.6. The molecule has 0 aliphatic heterocycles.